The van der Waals surface area contributed by atoms with E-state index in [4.69, 9.17) is 0 Å². The van der Waals surface area contributed by atoms with Crippen LogP contribution in [-0.2, 0) is 4.79 Å². The van der Waals surface area contributed by atoms with Crippen molar-refractivity contribution in [1.29, 1.82) is 0 Å². The first-order valence-electron chi connectivity index (χ1n) is 9.94. The molecule has 1 atom stereocenters. The Morgan fingerprint density at radius 3 is 2.48 bits per heavy atom. The molecule has 0 bridgehead atoms. The first kappa shape index (κ1) is 22.5. The average Bonchev–Trinajstić information content (AvgIpc) is 2.57. The fraction of sp³-hybridized carbons (Fsp3) is 0.895. The number of halogens is 1. The zero-order chi connectivity index (χ0) is 17.4. The fourth-order valence-electron chi connectivity index (χ4n) is 3.79. The molecule has 1 amide bonds. The van der Waals surface area contributed by atoms with Crippen LogP contribution in [0.3, 0.4) is 0 Å². The van der Waals surface area contributed by atoms with Crippen LogP contribution in [-0.4, -0.2) is 48.5 Å². The average molecular weight is 464 g/mol. The van der Waals surface area contributed by atoms with Gasteiger partial charge in [0.05, 0.1) is 6.54 Å². The van der Waals surface area contributed by atoms with Gasteiger partial charge in [-0.15, -0.1) is 24.0 Å². The molecule has 2 aliphatic rings. The van der Waals surface area contributed by atoms with Gasteiger partial charge in [0.25, 0.3) is 0 Å². The summed E-state index contributed by atoms with van der Waals surface area (Å²) in [4.78, 5) is 19.1. The topological polar surface area (TPSA) is 56.7 Å². The van der Waals surface area contributed by atoms with Crippen molar-refractivity contribution in [2.75, 3.05) is 19.6 Å². The second-order valence-corrected chi connectivity index (χ2v) is 7.54. The van der Waals surface area contributed by atoms with E-state index >= 15 is 0 Å². The number of piperidine rings is 1. The highest BCUT2D eigenvalue weighted by molar-refractivity contribution is 14.0. The normalized spacial score (nSPS) is 27.4. The third kappa shape index (κ3) is 7.71. The van der Waals surface area contributed by atoms with E-state index in [9.17, 15) is 4.79 Å². The molecule has 1 saturated heterocycles. The van der Waals surface area contributed by atoms with Crippen molar-refractivity contribution in [3.63, 3.8) is 0 Å². The zero-order valence-corrected chi connectivity index (χ0v) is 18.6. The highest BCUT2D eigenvalue weighted by Gasteiger charge is 2.22. The van der Waals surface area contributed by atoms with Gasteiger partial charge < -0.3 is 15.5 Å². The van der Waals surface area contributed by atoms with Gasteiger partial charge in [-0.3, -0.25) is 9.79 Å². The standard InChI is InChI=1S/C19H36N4O.HI/c1-4-20-19(22-17-10-8-15(2)9-11-17)21-13-12-18(24)23-14-6-5-7-16(23)3;/h15-17H,4-14H2,1-3H3,(H2,20,21,22);1H. The van der Waals surface area contributed by atoms with Crippen molar-refractivity contribution in [3.05, 3.63) is 0 Å². The monoisotopic (exact) mass is 464 g/mol. The van der Waals surface area contributed by atoms with Crippen molar-refractivity contribution in [2.24, 2.45) is 10.9 Å². The first-order chi connectivity index (χ1) is 11.6. The minimum absolute atomic E-state index is 0. The molecule has 0 aromatic carbocycles. The number of hydrogen-bond acceptors (Lipinski definition) is 2. The molecule has 5 nitrogen and oxygen atoms in total. The summed E-state index contributed by atoms with van der Waals surface area (Å²) in [5.41, 5.74) is 0. The van der Waals surface area contributed by atoms with Crippen LogP contribution in [0.4, 0.5) is 0 Å². The lowest BCUT2D eigenvalue weighted by Crippen LogP contribution is -2.45. The maximum atomic E-state index is 12.4. The molecule has 2 fully saturated rings. The summed E-state index contributed by atoms with van der Waals surface area (Å²) in [5.74, 6) is 1.98. The Labute approximate surface area is 170 Å². The quantitative estimate of drug-likeness (QED) is 0.372. The fourth-order valence-corrected chi connectivity index (χ4v) is 3.79. The van der Waals surface area contributed by atoms with Gasteiger partial charge in [-0.25, -0.2) is 0 Å². The lowest BCUT2D eigenvalue weighted by atomic mass is 9.87. The number of aliphatic imine (C=N–C) groups is 1. The van der Waals surface area contributed by atoms with Crippen molar-refractivity contribution in [3.8, 4) is 0 Å². The Bertz CT molecular complexity index is 422. The third-order valence-electron chi connectivity index (χ3n) is 5.42. The molecule has 25 heavy (non-hydrogen) atoms. The highest BCUT2D eigenvalue weighted by Crippen LogP contribution is 2.23. The van der Waals surface area contributed by atoms with Gasteiger partial charge in [0, 0.05) is 31.6 Å². The predicted octanol–water partition coefficient (Wildman–Crippen LogP) is 3.53. The van der Waals surface area contributed by atoms with Crippen LogP contribution < -0.4 is 10.6 Å². The molecule has 0 spiro atoms. The largest absolute Gasteiger partial charge is 0.357 e. The molecule has 1 aliphatic heterocycles. The Morgan fingerprint density at radius 1 is 1.12 bits per heavy atom. The summed E-state index contributed by atoms with van der Waals surface area (Å²) in [6, 6.07) is 0.919. The van der Waals surface area contributed by atoms with Crippen LogP contribution in [0.1, 0.15) is 72.1 Å². The molecule has 2 rings (SSSR count). The van der Waals surface area contributed by atoms with E-state index in [0.717, 1.165) is 37.8 Å². The Morgan fingerprint density at radius 2 is 1.84 bits per heavy atom. The molecule has 2 N–H and O–H groups in total. The molecular formula is C19H37IN4O. The number of nitrogens with one attached hydrogen (secondary N) is 2. The second kappa shape index (κ2) is 12.0. The molecule has 1 unspecified atom stereocenters. The van der Waals surface area contributed by atoms with Gasteiger partial charge >= 0.3 is 0 Å². The molecule has 1 aliphatic carbocycles. The number of nitrogens with zero attached hydrogens (tertiary/aromatic N) is 2. The van der Waals surface area contributed by atoms with E-state index in [-0.39, 0.29) is 29.9 Å². The van der Waals surface area contributed by atoms with Gasteiger partial charge in [-0.2, -0.15) is 0 Å². The van der Waals surface area contributed by atoms with Gasteiger partial charge in [0.1, 0.15) is 0 Å². The van der Waals surface area contributed by atoms with Crippen LogP contribution in [0.15, 0.2) is 4.99 Å². The summed E-state index contributed by atoms with van der Waals surface area (Å²) >= 11 is 0. The molecule has 6 heteroatoms. The molecule has 1 saturated carbocycles. The minimum atomic E-state index is 0. The summed E-state index contributed by atoms with van der Waals surface area (Å²) < 4.78 is 0. The molecular weight excluding hydrogens is 427 g/mol. The second-order valence-electron chi connectivity index (χ2n) is 7.54. The van der Waals surface area contributed by atoms with Crippen molar-refractivity contribution < 1.29 is 4.79 Å². The lowest BCUT2D eigenvalue weighted by molar-refractivity contribution is -0.134. The lowest BCUT2D eigenvalue weighted by Gasteiger charge is -2.33. The van der Waals surface area contributed by atoms with Gasteiger partial charge in [-0.05, 0) is 64.7 Å². The van der Waals surface area contributed by atoms with Crippen LogP contribution in [0, 0.1) is 5.92 Å². The maximum absolute atomic E-state index is 12.4. The summed E-state index contributed by atoms with van der Waals surface area (Å²) in [5, 5.41) is 6.87. The van der Waals surface area contributed by atoms with E-state index < -0.39 is 0 Å². The minimum Gasteiger partial charge on any atom is -0.357 e. The van der Waals surface area contributed by atoms with Crippen LogP contribution in [0.25, 0.3) is 0 Å². The van der Waals surface area contributed by atoms with Crippen molar-refractivity contribution in [2.45, 2.75) is 84.2 Å². The molecule has 146 valence electrons. The number of hydrogen-bond donors (Lipinski definition) is 2. The van der Waals surface area contributed by atoms with E-state index in [2.05, 4.69) is 36.4 Å². The van der Waals surface area contributed by atoms with Crippen molar-refractivity contribution >= 4 is 35.8 Å². The maximum Gasteiger partial charge on any atom is 0.224 e. The third-order valence-corrected chi connectivity index (χ3v) is 5.42. The van der Waals surface area contributed by atoms with Gasteiger partial charge in [0.15, 0.2) is 5.96 Å². The first-order valence-corrected chi connectivity index (χ1v) is 9.94. The molecule has 1 heterocycles. The Hall–Kier alpha value is -0.530. The number of guanidine groups is 1. The van der Waals surface area contributed by atoms with E-state index in [0.29, 0.717) is 25.0 Å². The van der Waals surface area contributed by atoms with Gasteiger partial charge in [0.2, 0.25) is 5.91 Å². The number of rotatable bonds is 5. The number of carbonyl (C=O) groups is 1. The van der Waals surface area contributed by atoms with Gasteiger partial charge in [-0.1, -0.05) is 6.92 Å². The van der Waals surface area contributed by atoms with Crippen LogP contribution in [0.2, 0.25) is 0 Å². The number of amides is 1. The molecule has 0 radical (unpaired) electrons. The van der Waals surface area contributed by atoms with E-state index in [1.54, 1.807) is 0 Å². The zero-order valence-electron chi connectivity index (χ0n) is 16.2. The summed E-state index contributed by atoms with van der Waals surface area (Å²) in [6.07, 6.45) is 9.07. The molecule has 0 aromatic heterocycles. The number of likely N-dealkylation sites (tertiary alicyclic amines) is 1. The molecule has 0 aromatic rings. The summed E-state index contributed by atoms with van der Waals surface area (Å²) in [6.45, 7) is 8.92. The van der Waals surface area contributed by atoms with E-state index in [1.165, 1.54) is 32.1 Å². The van der Waals surface area contributed by atoms with Crippen molar-refractivity contribution in [1.82, 2.24) is 15.5 Å². The van der Waals surface area contributed by atoms with E-state index in [1.807, 2.05) is 4.90 Å². The van der Waals surface area contributed by atoms with Crippen LogP contribution >= 0.6 is 24.0 Å². The summed E-state index contributed by atoms with van der Waals surface area (Å²) in [7, 11) is 0. The SMILES string of the molecule is CCNC(=NCCC(=O)N1CCCCC1C)NC1CCC(C)CC1.I. The highest BCUT2D eigenvalue weighted by atomic mass is 127. The smallest absolute Gasteiger partial charge is 0.224 e. The predicted molar refractivity (Wildman–Crippen MR) is 116 cm³/mol. The number of carbonyl (C=O) groups excluding carboxylic acids is 1. The Balaban J connectivity index is 0.00000312. The van der Waals surface area contributed by atoms with Crippen LogP contribution in [0.5, 0.6) is 0 Å². The Kier molecular flexibility index (Phi) is 10.8.